The highest BCUT2D eigenvalue weighted by atomic mass is 32.2. The van der Waals surface area contributed by atoms with Gasteiger partial charge < -0.3 is 4.74 Å². The second kappa shape index (κ2) is 5.51. The number of benzene rings is 1. The maximum absolute atomic E-state index is 11.5. The second-order valence-electron chi connectivity index (χ2n) is 3.55. The van der Waals surface area contributed by atoms with E-state index >= 15 is 0 Å². The number of hydrogen-bond acceptors (Lipinski definition) is 4. The Labute approximate surface area is 101 Å². The quantitative estimate of drug-likeness (QED) is 0.593. The summed E-state index contributed by atoms with van der Waals surface area (Å²) in [5.41, 5.74) is 0.837. The monoisotopic (exact) mass is 252 g/mol. The molecule has 1 rings (SSSR count). The van der Waals surface area contributed by atoms with E-state index in [-0.39, 0.29) is 12.4 Å². The summed E-state index contributed by atoms with van der Waals surface area (Å²) in [6.45, 7) is -0.102. The van der Waals surface area contributed by atoms with Crippen molar-refractivity contribution in [2.24, 2.45) is 0 Å². The summed E-state index contributed by atoms with van der Waals surface area (Å²) < 4.78 is 27.0. The number of rotatable bonds is 4. The van der Waals surface area contributed by atoms with E-state index in [0.717, 1.165) is 6.26 Å². The molecule has 1 aromatic rings. The van der Waals surface area contributed by atoms with Crippen molar-refractivity contribution < 1.29 is 17.9 Å². The third kappa shape index (κ3) is 4.70. The van der Waals surface area contributed by atoms with Crippen LogP contribution in [0.3, 0.4) is 0 Å². The van der Waals surface area contributed by atoms with E-state index in [4.69, 9.17) is 11.2 Å². The first-order valence-corrected chi connectivity index (χ1v) is 6.85. The third-order valence-electron chi connectivity index (χ3n) is 1.88. The highest BCUT2D eigenvalue weighted by molar-refractivity contribution is 7.89. The summed E-state index contributed by atoms with van der Waals surface area (Å²) in [6, 6.07) is 6.27. The van der Waals surface area contributed by atoms with Gasteiger partial charge in [0, 0.05) is 6.26 Å². The Morgan fingerprint density at radius 2 is 2.18 bits per heavy atom. The van der Waals surface area contributed by atoms with E-state index in [9.17, 15) is 13.2 Å². The van der Waals surface area contributed by atoms with Gasteiger partial charge >= 0.3 is 5.97 Å². The van der Waals surface area contributed by atoms with Gasteiger partial charge in [0.1, 0.15) is 0 Å². The van der Waals surface area contributed by atoms with Gasteiger partial charge in [-0.15, -0.1) is 6.42 Å². The number of hydrogen-bond donors (Lipinski definition) is 0. The fraction of sp³-hybridized carbons (Fsp3) is 0.250. The maximum atomic E-state index is 11.5. The number of ether oxygens (including phenoxy) is 1. The zero-order chi connectivity index (χ0) is 12.9. The Balaban J connectivity index is 2.86. The van der Waals surface area contributed by atoms with Gasteiger partial charge in [-0.2, -0.15) is 0 Å². The summed E-state index contributed by atoms with van der Waals surface area (Å²) in [6.07, 6.45) is 6.10. The van der Waals surface area contributed by atoms with Crippen molar-refractivity contribution in [3.63, 3.8) is 0 Å². The minimum atomic E-state index is -3.12. The van der Waals surface area contributed by atoms with Gasteiger partial charge in [0.25, 0.3) is 0 Å². The van der Waals surface area contributed by atoms with Gasteiger partial charge in [-0.1, -0.05) is 18.1 Å². The average Bonchev–Trinajstić information content (AvgIpc) is 2.24. The summed E-state index contributed by atoms with van der Waals surface area (Å²) in [4.78, 5) is 11.5. The smallest absolute Gasteiger partial charge is 0.339 e. The molecule has 0 amide bonds. The molecular formula is C12H12O4S. The highest BCUT2D eigenvalue weighted by Gasteiger charge is 2.09. The molecule has 0 spiro atoms. The predicted molar refractivity (Wildman–Crippen MR) is 64.1 cm³/mol. The van der Waals surface area contributed by atoms with Crippen LogP contribution < -0.4 is 0 Å². The minimum Gasteiger partial charge on any atom is -0.449 e. The lowest BCUT2D eigenvalue weighted by Gasteiger charge is -2.03. The van der Waals surface area contributed by atoms with Crippen LogP contribution in [0.15, 0.2) is 24.3 Å². The van der Waals surface area contributed by atoms with Crippen LogP contribution in [0.5, 0.6) is 0 Å². The fourth-order valence-corrected chi connectivity index (χ4v) is 2.07. The van der Waals surface area contributed by atoms with Crippen LogP contribution in [0.2, 0.25) is 0 Å². The molecule has 0 N–H and O–H groups in total. The van der Waals surface area contributed by atoms with Gasteiger partial charge in [0.2, 0.25) is 0 Å². The van der Waals surface area contributed by atoms with Crippen molar-refractivity contribution in [3.05, 3.63) is 35.4 Å². The molecule has 0 atom stereocenters. The molecule has 0 aromatic heterocycles. The molecule has 0 saturated carbocycles. The standard InChI is InChI=1S/C12H12O4S/c1-3-7-16-12(13)11-6-4-5-10(8-11)9-17(2,14)15/h1,4-6,8H,7,9H2,2H3. The van der Waals surface area contributed by atoms with E-state index in [2.05, 4.69) is 5.92 Å². The van der Waals surface area contributed by atoms with Crippen LogP contribution in [0, 0.1) is 12.3 Å². The van der Waals surface area contributed by atoms with E-state index in [1.165, 1.54) is 6.07 Å². The molecule has 0 unspecified atom stereocenters. The molecule has 17 heavy (non-hydrogen) atoms. The predicted octanol–water partition coefficient (Wildman–Crippen LogP) is 1.02. The third-order valence-corrected chi connectivity index (χ3v) is 2.74. The molecule has 0 aliphatic rings. The first-order valence-electron chi connectivity index (χ1n) is 4.79. The Morgan fingerprint density at radius 1 is 1.47 bits per heavy atom. The largest absolute Gasteiger partial charge is 0.449 e. The second-order valence-corrected chi connectivity index (χ2v) is 5.69. The first kappa shape index (κ1) is 13.3. The van der Waals surface area contributed by atoms with Crippen LogP contribution in [0.4, 0.5) is 0 Å². The Hall–Kier alpha value is -1.80. The van der Waals surface area contributed by atoms with Crippen LogP contribution in [0.1, 0.15) is 15.9 Å². The molecule has 5 heteroatoms. The normalized spacial score (nSPS) is 10.6. The molecule has 1 aromatic carbocycles. The summed E-state index contributed by atoms with van der Waals surface area (Å²) in [5.74, 6) is 1.52. The highest BCUT2D eigenvalue weighted by Crippen LogP contribution is 2.09. The van der Waals surface area contributed by atoms with Crippen LogP contribution in [0.25, 0.3) is 0 Å². The molecule has 0 saturated heterocycles. The van der Waals surface area contributed by atoms with E-state index in [0.29, 0.717) is 11.1 Å². The van der Waals surface area contributed by atoms with E-state index in [1.807, 2.05) is 0 Å². The van der Waals surface area contributed by atoms with Crippen molar-refractivity contribution in [3.8, 4) is 12.3 Å². The molecule has 0 radical (unpaired) electrons. The summed E-state index contributed by atoms with van der Waals surface area (Å²) >= 11 is 0. The van der Waals surface area contributed by atoms with Gasteiger partial charge in [0.05, 0.1) is 11.3 Å². The molecule has 0 fully saturated rings. The molecule has 0 heterocycles. The number of carbonyl (C=O) groups is 1. The van der Waals surface area contributed by atoms with Crippen molar-refractivity contribution in [1.29, 1.82) is 0 Å². The topological polar surface area (TPSA) is 60.4 Å². The molecule has 4 nitrogen and oxygen atoms in total. The molecular weight excluding hydrogens is 240 g/mol. The van der Waals surface area contributed by atoms with Gasteiger partial charge in [0.15, 0.2) is 16.4 Å². The number of terminal acetylenes is 1. The average molecular weight is 252 g/mol. The van der Waals surface area contributed by atoms with Crippen molar-refractivity contribution in [1.82, 2.24) is 0 Å². The fourth-order valence-electron chi connectivity index (χ4n) is 1.28. The van der Waals surface area contributed by atoms with E-state index < -0.39 is 15.8 Å². The van der Waals surface area contributed by atoms with Crippen molar-refractivity contribution >= 4 is 15.8 Å². The van der Waals surface area contributed by atoms with Crippen LogP contribution in [-0.2, 0) is 20.3 Å². The number of carbonyl (C=O) groups excluding carboxylic acids is 1. The van der Waals surface area contributed by atoms with Crippen LogP contribution >= 0.6 is 0 Å². The Morgan fingerprint density at radius 3 is 2.76 bits per heavy atom. The SMILES string of the molecule is C#CCOC(=O)c1cccc(CS(C)(=O)=O)c1. The van der Waals surface area contributed by atoms with Gasteiger partial charge in [-0.25, -0.2) is 13.2 Å². The molecule has 0 aliphatic heterocycles. The zero-order valence-corrected chi connectivity index (χ0v) is 10.2. The minimum absolute atomic E-state index is 0.102. The van der Waals surface area contributed by atoms with Crippen molar-refractivity contribution in [2.75, 3.05) is 12.9 Å². The lowest BCUT2D eigenvalue weighted by atomic mass is 10.1. The zero-order valence-electron chi connectivity index (χ0n) is 9.34. The maximum Gasteiger partial charge on any atom is 0.339 e. The molecule has 90 valence electrons. The first-order chi connectivity index (χ1) is 7.92. The number of esters is 1. The van der Waals surface area contributed by atoms with Gasteiger partial charge in [-0.3, -0.25) is 0 Å². The number of sulfone groups is 1. The van der Waals surface area contributed by atoms with Crippen molar-refractivity contribution in [2.45, 2.75) is 5.75 Å². The Kier molecular flexibility index (Phi) is 4.30. The lowest BCUT2D eigenvalue weighted by Crippen LogP contribution is -2.07. The molecule has 0 aliphatic carbocycles. The van der Waals surface area contributed by atoms with E-state index in [1.54, 1.807) is 18.2 Å². The lowest BCUT2D eigenvalue weighted by molar-refractivity contribution is 0.0556. The van der Waals surface area contributed by atoms with Gasteiger partial charge in [-0.05, 0) is 17.7 Å². The molecule has 0 bridgehead atoms. The summed E-state index contributed by atoms with van der Waals surface area (Å²) in [5, 5.41) is 0. The van der Waals surface area contributed by atoms with Crippen LogP contribution in [-0.4, -0.2) is 27.2 Å². The Bertz CT molecular complexity index is 552. The summed E-state index contributed by atoms with van der Waals surface area (Å²) in [7, 11) is -3.12.